The fourth-order valence-corrected chi connectivity index (χ4v) is 5.25. The van der Waals surface area contributed by atoms with Gasteiger partial charge in [0, 0.05) is 9.90 Å². The van der Waals surface area contributed by atoms with Gasteiger partial charge < -0.3 is 5.11 Å². The highest BCUT2D eigenvalue weighted by Gasteiger charge is 2.26. The summed E-state index contributed by atoms with van der Waals surface area (Å²) in [4.78, 5) is 39.1. The zero-order valence-corrected chi connectivity index (χ0v) is 16.8. The number of aromatic nitrogens is 2. The van der Waals surface area contributed by atoms with Gasteiger partial charge in [-0.1, -0.05) is 30.7 Å². The van der Waals surface area contributed by atoms with Crippen molar-refractivity contribution in [2.24, 2.45) is 5.92 Å². The Hall–Kier alpha value is -2.38. The van der Waals surface area contributed by atoms with Crippen LogP contribution in [0.5, 0.6) is 0 Å². The molecule has 1 aromatic carbocycles. The standard InChI is InChI=1S/C20H19ClN2O4S/c1-11-2-7-15-14(8-11)17-18(26)22(10-16(24)25)20(27)23(19(17)28-15)9-12-3-5-13(21)6-4-12/h3-6,11H,2,7-10H2,1H3,(H,24,25)/t11-/m0/s1. The van der Waals surface area contributed by atoms with E-state index in [0.717, 1.165) is 39.8 Å². The third kappa shape index (κ3) is 3.29. The molecule has 0 fully saturated rings. The number of halogens is 1. The van der Waals surface area contributed by atoms with Crippen LogP contribution in [0.4, 0.5) is 0 Å². The van der Waals surface area contributed by atoms with Crippen LogP contribution in [0.25, 0.3) is 10.2 Å². The maximum Gasteiger partial charge on any atom is 0.332 e. The fourth-order valence-electron chi connectivity index (χ4n) is 3.80. The number of carboxylic acids is 1. The Morgan fingerprint density at radius 3 is 2.64 bits per heavy atom. The molecular weight excluding hydrogens is 400 g/mol. The van der Waals surface area contributed by atoms with E-state index in [0.29, 0.717) is 21.2 Å². The maximum atomic E-state index is 13.0. The number of nitrogens with zero attached hydrogens (tertiary/aromatic N) is 2. The number of hydrogen-bond donors (Lipinski definition) is 1. The molecule has 146 valence electrons. The van der Waals surface area contributed by atoms with Crippen molar-refractivity contribution in [3.8, 4) is 0 Å². The third-order valence-corrected chi connectivity index (χ3v) is 6.77. The van der Waals surface area contributed by atoms with Crippen molar-refractivity contribution >= 4 is 39.1 Å². The molecule has 2 aromatic heterocycles. The minimum atomic E-state index is -1.21. The quantitative estimate of drug-likeness (QED) is 0.705. The summed E-state index contributed by atoms with van der Waals surface area (Å²) in [5.41, 5.74) is 0.740. The second kappa shape index (κ2) is 7.22. The molecule has 2 heterocycles. The van der Waals surface area contributed by atoms with E-state index < -0.39 is 23.8 Å². The van der Waals surface area contributed by atoms with Crippen LogP contribution >= 0.6 is 22.9 Å². The number of fused-ring (bicyclic) bond motifs is 3. The van der Waals surface area contributed by atoms with Crippen LogP contribution < -0.4 is 11.2 Å². The van der Waals surface area contributed by atoms with Gasteiger partial charge in [0.2, 0.25) is 0 Å². The van der Waals surface area contributed by atoms with Gasteiger partial charge in [0.1, 0.15) is 11.4 Å². The van der Waals surface area contributed by atoms with Crippen molar-refractivity contribution in [1.82, 2.24) is 9.13 Å². The van der Waals surface area contributed by atoms with Gasteiger partial charge in [-0.15, -0.1) is 11.3 Å². The summed E-state index contributed by atoms with van der Waals surface area (Å²) in [7, 11) is 0. The summed E-state index contributed by atoms with van der Waals surface area (Å²) in [5.74, 6) is -0.761. The lowest BCUT2D eigenvalue weighted by Gasteiger charge is -2.18. The van der Waals surface area contributed by atoms with E-state index >= 15 is 0 Å². The minimum absolute atomic E-state index is 0.251. The molecule has 0 unspecified atom stereocenters. The van der Waals surface area contributed by atoms with Gasteiger partial charge >= 0.3 is 11.7 Å². The molecule has 6 nitrogen and oxygen atoms in total. The molecule has 0 radical (unpaired) electrons. The van der Waals surface area contributed by atoms with Gasteiger partial charge in [0.15, 0.2) is 0 Å². The van der Waals surface area contributed by atoms with Gasteiger partial charge in [-0.05, 0) is 48.4 Å². The molecule has 0 aliphatic heterocycles. The number of hydrogen-bond acceptors (Lipinski definition) is 4. The van der Waals surface area contributed by atoms with E-state index in [1.165, 1.54) is 15.9 Å². The van der Waals surface area contributed by atoms with E-state index in [4.69, 9.17) is 11.6 Å². The van der Waals surface area contributed by atoms with Crippen molar-refractivity contribution in [1.29, 1.82) is 0 Å². The Labute approximate surface area is 169 Å². The van der Waals surface area contributed by atoms with Crippen molar-refractivity contribution in [3.05, 3.63) is 66.1 Å². The molecule has 3 aromatic rings. The van der Waals surface area contributed by atoms with Crippen LogP contribution in [0.2, 0.25) is 5.02 Å². The Kier molecular flexibility index (Phi) is 4.89. The molecule has 28 heavy (non-hydrogen) atoms. The Morgan fingerprint density at radius 2 is 1.96 bits per heavy atom. The Bertz CT molecular complexity index is 1190. The highest BCUT2D eigenvalue weighted by molar-refractivity contribution is 7.18. The molecule has 0 spiro atoms. The van der Waals surface area contributed by atoms with Gasteiger partial charge in [0.05, 0.1) is 11.9 Å². The first-order chi connectivity index (χ1) is 13.3. The van der Waals surface area contributed by atoms with E-state index in [2.05, 4.69) is 6.92 Å². The van der Waals surface area contributed by atoms with E-state index in [9.17, 15) is 19.5 Å². The van der Waals surface area contributed by atoms with Crippen LogP contribution in [-0.4, -0.2) is 20.2 Å². The first-order valence-electron chi connectivity index (χ1n) is 9.09. The highest BCUT2D eigenvalue weighted by atomic mass is 35.5. The lowest BCUT2D eigenvalue weighted by atomic mass is 9.89. The number of benzene rings is 1. The zero-order chi connectivity index (χ0) is 20.0. The first kappa shape index (κ1) is 19.0. The second-order valence-electron chi connectivity index (χ2n) is 7.31. The molecule has 0 amide bonds. The molecule has 8 heteroatoms. The highest BCUT2D eigenvalue weighted by Crippen LogP contribution is 2.36. The molecule has 1 aliphatic rings. The van der Waals surface area contributed by atoms with Crippen LogP contribution in [0, 0.1) is 5.92 Å². The van der Waals surface area contributed by atoms with Gasteiger partial charge in [-0.2, -0.15) is 0 Å². The van der Waals surface area contributed by atoms with Gasteiger partial charge in [0.25, 0.3) is 5.56 Å². The number of carboxylic acid groups (broad SMARTS) is 1. The monoisotopic (exact) mass is 418 g/mol. The number of thiophene rings is 1. The van der Waals surface area contributed by atoms with E-state index in [1.807, 2.05) is 12.1 Å². The van der Waals surface area contributed by atoms with Crippen molar-refractivity contribution in [2.45, 2.75) is 39.3 Å². The van der Waals surface area contributed by atoms with Crippen LogP contribution in [0.1, 0.15) is 29.3 Å². The summed E-state index contributed by atoms with van der Waals surface area (Å²) in [5, 5.41) is 10.3. The van der Waals surface area contributed by atoms with Crippen molar-refractivity contribution < 1.29 is 9.90 Å². The normalized spacial score (nSPS) is 16.3. The predicted molar refractivity (Wildman–Crippen MR) is 110 cm³/mol. The summed E-state index contributed by atoms with van der Waals surface area (Å²) in [6.45, 7) is 1.75. The average molecular weight is 419 g/mol. The first-order valence-corrected chi connectivity index (χ1v) is 10.3. The number of aryl methyl sites for hydroxylation is 1. The predicted octanol–water partition coefficient (Wildman–Crippen LogP) is 3.14. The lowest BCUT2D eigenvalue weighted by Crippen LogP contribution is -2.41. The molecule has 1 atom stereocenters. The molecular formula is C20H19ClN2O4S. The smallest absolute Gasteiger partial charge is 0.332 e. The number of rotatable bonds is 4. The summed E-state index contributed by atoms with van der Waals surface area (Å²) in [6, 6.07) is 7.13. The van der Waals surface area contributed by atoms with Crippen LogP contribution in [-0.2, 0) is 30.7 Å². The maximum absolute atomic E-state index is 13.0. The molecule has 1 aliphatic carbocycles. The van der Waals surface area contributed by atoms with Crippen LogP contribution in [0.3, 0.4) is 0 Å². The largest absolute Gasteiger partial charge is 0.480 e. The summed E-state index contributed by atoms with van der Waals surface area (Å²) in [6.07, 6.45) is 2.70. The minimum Gasteiger partial charge on any atom is -0.480 e. The zero-order valence-electron chi connectivity index (χ0n) is 15.3. The summed E-state index contributed by atoms with van der Waals surface area (Å²) < 4.78 is 2.36. The molecule has 1 N–H and O–H groups in total. The number of aliphatic carboxylic acids is 1. The summed E-state index contributed by atoms with van der Waals surface area (Å²) >= 11 is 7.43. The number of carbonyl (C=O) groups is 1. The van der Waals surface area contributed by atoms with Gasteiger partial charge in [-0.25, -0.2) is 9.36 Å². The molecule has 4 rings (SSSR count). The third-order valence-electron chi connectivity index (χ3n) is 5.20. The van der Waals surface area contributed by atoms with Crippen molar-refractivity contribution in [3.63, 3.8) is 0 Å². The topological polar surface area (TPSA) is 81.3 Å². The Morgan fingerprint density at radius 1 is 1.25 bits per heavy atom. The van der Waals surface area contributed by atoms with Crippen LogP contribution in [0.15, 0.2) is 33.9 Å². The van der Waals surface area contributed by atoms with Gasteiger partial charge in [-0.3, -0.25) is 14.2 Å². The van der Waals surface area contributed by atoms with E-state index in [-0.39, 0.29) is 6.54 Å². The van der Waals surface area contributed by atoms with E-state index in [1.54, 1.807) is 12.1 Å². The average Bonchev–Trinajstić information content (AvgIpc) is 3.02. The van der Waals surface area contributed by atoms with Crippen molar-refractivity contribution in [2.75, 3.05) is 0 Å². The molecule has 0 bridgehead atoms. The lowest BCUT2D eigenvalue weighted by molar-refractivity contribution is -0.137. The molecule has 0 saturated heterocycles. The second-order valence-corrected chi connectivity index (χ2v) is 8.83. The Balaban J connectivity index is 1.99. The fraction of sp³-hybridized carbons (Fsp3) is 0.350. The SMILES string of the molecule is C[C@H]1CCc2sc3c(c2C1)c(=O)n(CC(=O)O)c(=O)n3Cc1ccc(Cl)cc1. The molecule has 0 saturated carbocycles.